The first-order valence-corrected chi connectivity index (χ1v) is 3.31. The molecular weight excluding hydrogens is 108 g/mol. The van der Waals surface area contributed by atoms with Gasteiger partial charge < -0.3 is 0 Å². The van der Waals surface area contributed by atoms with Crippen molar-refractivity contribution in [1.29, 1.82) is 0 Å². The normalized spacial score (nSPS) is 19.0. The van der Waals surface area contributed by atoms with Crippen LogP contribution in [-0.4, -0.2) is 23.9 Å². The van der Waals surface area contributed by atoms with Crippen LogP contribution in [0.25, 0.3) is 0 Å². The molecule has 1 heterocycles. The third-order valence-electron chi connectivity index (χ3n) is 0.766. The van der Waals surface area contributed by atoms with Crippen molar-refractivity contribution in [3.63, 3.8) is 0 Å². The van der Waals surface area contributed by atoms with Crippen molar-refractivity contribution >= 4 is 24.2 Å². The summed E-state index contributed by atoms with van der Waals surface area (Å²) in [4.78, 5) is 0. The number of hydrogen-bond acceptors (Lipinski definition) is 3. The SMILES string of the molecule is CSC1C=NN=C1. The monoisotopic (exact) mass is 114 g/mol. The van der Waals surface area contributed by atoms with Crippen LogP contribution in [0.1, 0.15) is 0 Å². The second kappa shape index (κ2) is 2.12. The summed E-state index contributed by atoms with van der Waals surface area (Å²) in [7, 11) is 0. The third-order valence-corrected chi connectivity index (χ3v) is 1.55. The Kier molecular flexibility index (Phi) is 1.46. The summed E-state index contributed by atoms with van der Waals surface area (Å²) >= 11 is 1.73. The van der Waals surface area contributed by atoms with E-state index in [4.69, 9.17) is 0 Å². The molecular formula is C4H6N2S. The Hall–Kier alpha value is -0.310. The quantitative estimate of drug-likeness (QED) is 0.494. The largest absolute Gasteiger partial charge is 0.162 e. The molecule has 0 aromatic rings. The van der Waals surface area contributed by atoms with E-state index in [0.29, 0.717) is 5.25 Å². The third kappa shape index (κ3) is 1.03. The summed E-state index contributed by atoms with van der Waals surface area (Å²) in [5.74, 6) is 0. The Labute approximate surface area is 46.7 Å². The minimum atomic E-state index is 0.431. The van der Waals surface area contributed by atoms with Crippen LogP contribution in [0.5, 0.6) is 0 Å². The molecule has 0 aliphatic carbocycles. The van der Waals surface area contributed by atoms with Crippen LogP contribution in [0.3, 0.4) is 0 Å². The maximum absolute atomic E-state index is 3.66. The van der Waals surface area contributed by atoms with E-state index in [1.807, 2.05) is 18.7 Å². The molecule has 7 heavy (non-hydrogen) atoms. The zero-order valence-electron chi connectivity index (χ0n) is 4.03. The Morgan fingerprint density at radius 2 is 2.00 bits per heavy atom. The minimum absolute atomic E-state index is 0.431. The van der Waals surface area contributed by atoms with Crippen molar-refractivity contribution in [3.8, 4) is 0 Å². The summed E-state index contributed by atoms with van der Waals surface area (Å²) in [5, 5.41) is 7.75. The molecule has 1 aliphatic rings. The van der Waals surface area contributed by atoms with Crippen molar-refractivity contribution in [2.24, 2.45) is 10.2 Å². The molecule has 0 bridgehead atoms. The highest BCUT2D eigenvalue weighted by Gasteiger charge is 2.00. The molecule has 0 unspecified atom stereocenters. The summed E-state index contributed by atoms with van der Waals surface area (Å²) in [6, 6.07) is 0. The molecule has 0 saturated heterocycles. The molecule has 38 valence electrons. The van der Waals surface area contributed by atoms with E-state index in [-0.39, 0.29) is 0 Å². The molecule has 0 N–H and O–H groups in total. The molecule has 3 heteroatoms. The van der Waals surface area contributed by atoms with Crippen LogP contribution in [0, 0.1) is 0 Å². The summed E-state index contributed by atoms with van der Waals surface area (Å²) in [6.45, 7) is 0. The van der Waals surface area contributed by atoms with Gasteiger partial charge in [0.2, 0.25) is 0 Å². The highest BCUT2D eigenvalue weighted by atomic mass is 32.2. The minimum Gasteiger partial charge on any atom is -0.162 e. The van der Waals surface area contributed by atoms with E-state index >= 15 is 0 Å². The molecule has 2 nitrogen and oxygen atoms in total. The van der Waals surface area contributed by atoms with Crippen molar-refractivity contribution < 1.29 is 0 Å². The fourth-order valence-electron chi connectivity index (χ4n) is 0.369. The van der Waals surface area contributed by atoms with Gasteiger partial charge in [-0.15, -0.1) is 0 Å². The van der Waals surface area contributed by atoms with Gasteiger partial charge in [0.05, 0.1) is 5.25 Å². The predicted molar refractivity (Wildman–Crippen MR) is 34.3 cm³/mol. The molecule has 0 spiro atoms. The van der Waals surface area contributed by atoms with Crippen molar-refractivity contribution in [2.75, 3.05) is 6.26 Å². The van der Waals surface area contributed by atoms with Crippen molar-refractivity contribution in [2.45, 2.75) is 5.25 Å². The molecule has 0 fully saturated rings. The van der Waals surface area contributed by atoms with Crippen LogP contribution in [0.4, 0.5) is 0 Å². The lowest BCUT2D eigenvalue weighted by molar-refractivity contribution is 1.29. The lowest BCUT2D eigenvalue weighted by atomic mass is 10.5. The van der Waals surface area contributed by atoms with Crippen molar-refractivity contribution in [3.05, 3.63) is 0 Å². The van der Waals surface area contributed by atoms with Gasteiger partial charge in [0.1, 0.15) is 0 Å². The van der Waals surface area contributed by atoms with Gasteiger partial charge in [-0.05, 0) is 6.26 Å². The van der Waals surface area contributed by atoms with Crippen LogP contribution in [-0.2, 0) is 0 Å². The van der Waals surface area contributed by atoms with Gasteiger partial charge in [-0.1, -0.05) is 0 Å². The van der Waals surface area contributed by atoms with Crippen molar-refractivity contribution in [1.82, 2.24) is 0 Å². The fourth-order valence-corrected chi connectivity index (χ4v) is 0.721. The van der Waals surface area contributed by atoms with E-state index in [1.54, 1.807) is 11.8 Å². The summed E-state index contributed by atoms with van der Waals surface area (Å²) < 4.78 is 0. The average Bonchev–Trinajstić information content (AvgIpc) is 2.14. The van der Waals surface area contributed by atoms with Gasteiger partial charge in [0.25, 0.3) is 0 Å². The second-order valence-corrected chi connectivity index (χ2v) is 2.25. The van der Waals surface area contributed by atoms with E-state index in [2.05, 4.69) is 10.2 Å². The zero-order chi connectivity index (χ0) is 5.11. The van der Waals surface area contributed by atoms with E-state index < -0.39 is 0 Å². The topological polar surface area (TPSA) is 24.7 Å². The van der Waals surface area contributed by atoms with Crippen LogP contribution < -0.4 is 0 Å². The van der Waals surface area contributed by atoms with E-state index in [1.165, 1.54) is 0 Å². The number of nitrogens with zero attached hydrogens (tertiary/aromatic N) is 2. The Morgan fingerprint density at radius 1 is 1.43 bits per heavy atom. The highest BCUT2D eigenvalue weighted by molar-refractivity contribution is 8.00. The Morgan fingerprint density at radius 3 is 2.29 bits per heavy atom. The molecule has 0 aromatic heterocycles. The standard InChI is InChI=1S/C4H6N2S/c1-7-4-2-5-6-3-4/h2-4H,1H3. The van der Waals surface area contributed by atoms with E-state index in [0.717, 1.165) is 0 Å². The number of rotatable bonds is 1. The predicted octanol–water partition coefficient (Wildman–Crippen LogP) is 0.788. The number of thioether (sulfide) groups is 1. The average molecular weight is 114 g/mol. The summed E-state index contributed by atoms with van der Waals surface area (Å²) in [6.07, 6.45) is 5.68. The molecule has 0 aromatic carbocycles. The molecule has 1 aliphatic heterocycles. The van der Waals surface area contributed by atoms with E-state index in [9.17, 15) is 0 Å². The smallest absolute Gasteiger partial charge is 0.0786 e. The van der Waals surface area contributed by atoms with Crippen LogP contribution in [0.15, 0.2) is 10.2 Å². The van der Waals surface area contributed by atoms with Gasteiger partial charge in [0, 0.05) is 12.4 Å². The number of hydrogen-bond donors (Lipinski definition) is 0. The van der Waals surface area contributed by atoms with Gasteiger partial charge >= 0.3 is 0 Å². The molecule has 0 saturated carbocycles. The first-order chi connectivity index (χ1) is 3.43. The lowest BCUT2D eigenvalue weighted by Gasteiger charge is -1.89. The lowest BCUT2D eigenvalue weighted by Crippen LogP contribution is -1.98. The zero-order valence-corrected chi connectivity index (χ0v) is 4.85. The maximum atomic E-state index is 3.66. The Balaban J connectivity index is 2.44. The first kappa shape index (κ1) is 4.84. The van der Waals surface area contributed by atoms with Gasteiger partial charge in [-0.3, -0.25) is 0 Å². The van der Waals surface area contributed by atoms with Crippen LogP contribution >= 0.6 is 11.8 Å². The Bertz CT molecular complexity index is 96.3. The molecule has 1 rings (SSSR count). The first-order valence-electron chi connectivity index (χ1n) is 2.03. The second-order valence-electron chi connectivity index (χ2n) is 1.23. The fraction of sp³-hybridized carbons (Fsp3) is 0.500. The molecule has 0 amide bonds. The van der Waals surface area contributed by atoms with Crippen LogP contribution in [0.2, 0.25) is 0 Å². The summed E-state index contributed by atoms with van der Waals surface area (Å²) in [5.41, 5.74) is 0. The maximum Gasteiger partial charge on any atom is 0.0786 e. The van der Waals surface area contributed by atoms with Gasteiger partial charge in [0.15, 0.2) is 0 Å². The van der Waals surface area contributed by atoms with Gasteiger partial charge in [-0.25, -0.2) is 0 Å². The van der Waals surface area contributed by atoms with Gasteiger partial charge in [-0.2, -0.15) is 22.0 Å². The molecule has 0 radical (unpaired) electrons. The molecule has 0 atom stereocenters. The highest BCUT2D eigenvalue weighted by Crippen LogP contribution is 2.03.